The van der Waals surface area contributed by atoms with E-state index in [2.05, 4.69) is 46.0 Å². The zero-order valence-electron chi connectivity index (χ0n) is 12.5. The SMILES string of the molecule is CC(=O)N1Cc2nnc(CCc3ccccc3)n2[C@@H](C)C1. The van der Waals surface area contributed by atoms with Crippen LogP contribution in [0.15, 0.2) is 30.3 Å². The zero-order chi connectivity index (χ0) is 14.8. The van der Waals surface area contributed by atoms with Crippen molar-refractivity contribution in [3.8, 4) is 0 Å². The maximum Gasteiger partial charge on any atom is 0.219 e. The highest BCUT2D eigenvalue weighted by Crippen LogP contribution is 2.22. The van der Waals surface area contributed by atoms with E-state index in [9.17, 15) is 4.79 Å². The quantitative estimate of drug-likeness (QED) is 0.866. The Bertz CT molecular complexity index is 635. The van der Waals surface area contributed by atoms with E-state index in [-0.39, 0.29) is 11.9 Å². The maximum absolute atomic E-state index is 11.5. The summed E-state index contributed by atoms with van der Waals surface area (Å²) >= 11 is 0. The molecule has 0 unspecified atom stereocenters. The largest absolute Gasteiger partial charge is 0.333 e. The number of benzene rings is 1. The highest BCUT2D eigenvalue weighted by atomic mass is 16.2. The molecular weight excluding hydrogens is 264 g/mol. The van der Waals surface area contributed by atoms with Gasteiger partial charge in [0.2, 0.25) is 5.91 Å². The van der Waals surface area contributed by atoms with Gasteiger partial charge in [0, 0.05) is 19.9 Å². The van der Waals surface area contributed by atoms with Crippen molar-refractivity contribution in [2.45, 2.75) is 39.3 Å². The Morgan fingerprint density at radius 2 is 2.00 bits per heavy atom. The van der Waals surface area contributed by atoms with Crippen LogP contribution in [0.3, 0.4) is 0 Å². The first-order chi connectivity index (χ1) is 10.1. The van der Waals surface area contributed by atoms with Crippen LogP contribution in [0, 0.1) is 0 Å². The van der Waals surface area contributed by atoms with Gasteiger partial charge in [0.1, 0.15) is 5.82 Å². The molecule has 0 spiro atoms. The van der Waals surface area contributed by atoms with Crippen LogP contribution in [0.4, 0.5) is 0 Å². The van der Waals surface area contributed by atoms with Crippen LogP contribution in [0.1, 0.15) is 37.1 Å². The second-order valence-electron chi connectivity index (χ2n) is 5.64. The first-order valence-corrected chi connectivity index (χ1v) is 7.37. The number of aromatic nitrogens is 3. The van der Waals surface area contributed by atoms with E-state index in [0.29, 0.717) is 6.54 Å². The summed E-state index contributed by atoms with van der Waals surface area (Å²) in [4.78, 5) is 13.4. The minimum atomic E-state index is 0.0990. The number of fused-ring (bicyclic) bond motifs is 1. The van der Waals surface area contributed by atoms with Gasteiger partial charge in [0.05, 0.1) is 12.6 Å². The average Bonchev–Trinajstić information content (AvgIpc) is 2.90. The molecule has 1 aromatic heterocycles. The summed E-state index contributed by atoms with van der Waals surface area (Å²) in [5.74, 6) is 2.01. The highest BCUT2D eigenvalue weighted by molar-refractivity contribution is 5.73. The second kappa shape index (κ2) is 5.68. The molecule has 2 heterocycles. The van der Waals surface area contributed by atoms with Crippen molar-refractivity contribution in [3.05, 3.63) is 47.5 Å². The Kier molecular flexibility index (Phi) is 3.73. The fourth-order valence-corrected chi connectivity index (χ4v) is 2.92. The monoisotopic (exact) mass is 284 g/mol. The standard InChI is InChI=1S/C16H20N4O/c1-12-10-19(13(2)21)11-16-18-17-15(20(12)16)9-8-14-6-4-3-5-7-14/h3-7,12H,8-11H2,1-2H3/t12-/m0/s1. The van der Waals surface area contributed by atoms with E-state index in [1.54, 1.807) is 6.92 Å². The van der Waals surface area contributed by atoms with E-state index in [0.717, 1.165) is 31.0 Å². The van der Waals surface area contributed by atoms with Crippen LogP contribution < -0.4 is 0 Å². The Hall–Kier alpha value is -2.17. The van der Waals surface area contributed by atoms with Crippen molar-refractivity contribution in [3.63, 3.8) is 0 Å². The molecule has 0 fully saturated rings. The first-order valence-electron chi connectivity index (χ1n) is 7.37. The van der Waals surface area contributed by atoms with Gasteiger partial charge >= 0.3 is 0 Å². The number of rotatable bonds is 3. The first kappa shape index (κ1) is 13.8. The highest BCUT2D eigenvalue weighted by Gasteiger charge is 2.27. The molecule has 110 valence electrons. The topological polar surface area (TPSA) is 51.0 Å². The van der Waals surface area contributed by atoms with E-state index < -0.39 is 0 Å². The number of hydrogen-bond acceptors (Lipinski definition) is 3. The lowest BCUT2D eigenvalue weighted by Crippen LogP contribution is -2.39. The lowest BCUT2D eigenvalue weighted by molar-refractivity contribution is -0.130. The van der Waals surface area contributed by atoms with Crippen molar-refractivity contribution in [1.82, 2.24) is 19.7 Å². The molecule has 0 N–H and O–H groups in total. The molecule has 21 heavy (non-hydrogen) atoms. The van der Waals surface area contributed by atoms with Gasteiger partial charge in [-0.15, -0.1) is 10.2 Å². The summed E-state index contributed by atoms with van der Waals surface area (Å²) in [5.41, 5.74) is 1.31. The molecular formula is C16H20N4O. The Morgan fingerprint density at radius 1 is 1.24 bits per heavy atom. The number of hydrogen-bond donors (Lipinski definition) is 0. The summed E-state index contributed by atoms with van der Waals surface area (Å²) in [6.45, 7) is 5.03. The van der Waals surface area contributed by atoms with E-state index >= 15 is 0 Å². The van der Waals surface area contributed by atoms with Crippen molar-refractivity contribution in [2.24, 2.45) is 0 Å². The minimum absolute atomic E-state index is 0.0990. The molecule has 1 aliphatic rings. The van der Waals surface area contributed by atoms with Crippen LogP contribution in [-0.2, 0) is 24.2 Å². The molecule has 5 nitrogen and oxygen atoms in total. The number of amides is 1. The Labute approximate surface area is 124 Å². The minimum Gasteiger partial charge on any atom is -0.333 e. The summed E-state index contributed by atoms with van der Waals surface area (Å²) < 4.78 is 2.20. The third-order valence-electron chi connectivity index (χ3n) is 4.02. The maximum atomic E-state index is 11.5. The van der Waals surface area contributed by atoms with Gasteiger partial charge < -0.3 is 9.47 Å². The van der Waals surface area contributed by atoms with Crippen LogP contribution in [0.5, 0.6) is 0 Å². The van der Waals surface area contributed by atoms with Gasteiger partial charge in [-0.3, -0.25) is 4.79 Å². The number of carbonyl (C=O) groups is 1. The van der Waals surface area contributed by atoms with Crippen LogP contribution in [-0.4, -0.2) is 32.1 Å². The van der Waals surface area contributed by atoms with E-state index in [1.165, 1.54) is 5.56 Å². The molecule has 3 rings (SSSR count). The van der Waals surface area contributed by atoms with Gasteiger partial charge in [-0.05, 0) is 18.9 Å². The van der Waals surface area contributed by atoms with Gasteiger partial charge in [0.15, 0.2) is 5.82 Å². The molecule has 1 amide bonds. The predicted molar refractivity (Wildman–Crippen MR) is 79.7 cm³/mol. The van der Waals surface area contributed by atoms with Gasteiger partial charge in [-0.2, -0.15) is 0 Å². The molecule has 0 radical (unpaired) electrons. The molecule has 0 aliphatic carbocycles. The molecule has 0 saturated carbocycles. The lowest BCUT2D eigenvalue weighted by Gasteiger charge is -2.31. The van der Waals surface area contributed by atoms with Crippen LogP contribution in [0.2, 0.25) is 0 Å². The molecule has 0 bridgehead atoms. The number of carbonyl (C=O) groups excluding carboxylic acids is 1. The summed E-state index contributed by atoms with van der Waals surface area (Å²) in [5, 5.41) is 8.60. The van der Waals surface area contributed by atoms with Gasteiger partial charge in [-0.25, -0.2) is 0 Å². The Balaban J connectivity index is 1.76. The van der Waals surface area contributed by atoms with Crippen LogP contribution in [0.25, 0.3) is 0 Å². The molecule has 5 heteroatoms. The molecule has 1 aliphatic heterocycles. The lowest BCUT2D eigenvalue weighted by atomic mass is 10.1. The van der Waals surface area contributed by atoms with Crippen molar-refractivity contribution in [1.29, 1.82) is 0 Å². The van der Waals surface area contributed by atoms with Crippen molar-refractivity contribution >= 4 is 5.91 Å². The molecule has 0 saturated heterocycles. The summed E-state index contributed by atoms with van der Waals surface area (Å²) in [6.07, 6.45) is 1.84. The second-order valence-corrected chi connectivity index (χ2v) is 5.64. The molecule has 1 atom stereocenters. The summed E-state index contributed by atoms with van der Waals surface area (Å²) in [7, 11) is 0. The number of aryl methyl sites for hydroxylation is 2. The predicted octanol–water partition coefficient (Wildman–Crippen LogP) is 1.99. The normalized spacial score (nSPS) is 17.6. The summed E-state index contributed by atoms with van der Waals surface area (Å²) in [6, 6.07) is 10.6. The fourth-order valence-electron chi connectivity index (χ4n) is 2.92. The smallest absolute Gasteiger partial charge is 0.219 e. The fraction of sp³-hybridized carbons (Fsp3) is 0.438. The van der Waals surface area contributed by atoms with E-state index in [1.807, 2.05) is 11.0 Å². The third-order valence-corrected chi connectivity index (χ3v) is 4.02. The Morgan fingerprint density at radius 3 is 2.71 bits per heavy atom. The van der Waals surface area contributed by atoms with Gasteiger partial charge in [-0.1, -0.05) is 30.3 Å². The molecule has 2 aromatic rings. The van der Waals surface area contributed by atoms with Crippen LogP contribution >= 0.6 is 0 Å². The zero-order valence-corrected chi connectivity index (χ0v) is 12.5. The van der Waals surface area contributed by atoms with E-state index in [4.69, 9.17) is 0 Å². The van der Waals surface area contributed by atoms with Crippen molar-refractivity contribution in [2.75, 3.05) is 6.54 Å². The average molecular weight is 284 g/mol. The third kappa shape index (κ3) is 2.82. The van der Waals surface area contributed by atoms with Crippen molar-refractivity contribution < 1.29 is 4.79 Å². The number of nitrogens with zero attached hydrogens (tertiary/aromatic N) is 4. The molecule has 1 aromatic carbocycles. The van der Waals surface area contributed by atoms with Gasteiger partial charge in [0.25, 0.3) is 0 Å².